The summed E-state index contributed by atoms with van der Waals surface area (Å²) in [7, 11) is 0. The number of nitrogens with two attached hydrogens (primary N) is 1. The lowest BCUT2D eigenvalue weighted by Gasteiger charge is -2.06. The third-order valence-corrected chi connectivity index (χ3v) is 2.96. The summed E-state index contributed by atoms with van der Waals surface area (Å²) in [6, 6.07) is 9.93. The maximum Gasteiger partial charge on any atom is 0.169 e. The number of rotatable bonds is 2. The van der Waals surface area contributed by atoms with Crippen molar-refractivity contribution >= 4 is 16.7 Å². The summed E-state index contributed by atoms with van der Waals surface area (Å²) in [5.41, 5.74) is 8.64. The highest BCUT2D eigenvalue weighted by atomic mass is 15.4. The SMILES string of the molecule is CCc1c(N)nnn1-c1ccc2ncccc2c1. The van der Waals surface area contributed by atoms with Crippen LogP contribution in [0.5, 0.6) is 0 Å². The van der Waals surface area contributed by atoms with E-state index >= 15 is 0 Å². The van der Waals surface area contributed by atoms with Gasteiger partial charge in [0, 0.05) is 11.6 Å². The van der Waals surface area contributed by atoms with Crippen LogP contribution in [0.2, 0.25) is 0 Å². The normalized spacial score (nSPS) is 10.9. The summed E-state index contributed by atoms with van der Waals surface area (Å²) >= 11 is 0. The molecule has 0 saturated heterocycles. The third kappa shape index (κ3) is 1.60. The van der Waals surface area contributed by atoms with Crippen LogP contribution in [0.4, 0.5) is 5.82 Å². The Balaban J connectivity index is 2.19. The average molecular weight is 239 g/mol. The molecule has 18 heavy (non-hydrogen) atoms. The van der Waals surface area contributed by atoms with Gasteiger partial charge < -0.3 is 5.73 Å². The van der Waals surface area contributed by atoms with Gasteiger partial charge in [-0.2, -0.15) is 0 Å². The van der Waals surface area contributed by atoms with Crippen LogP contribution in [0.15, 0.2) is 36.5 Å². The number of aromatic nitrogens is 4. The van der Waals surface area contributed by atoms with Gasteiger partial charge in [-0.15, -0.1) is 5.10 Å². The van der Waals surface area contributed by atoms with Gasteiger partial charge in [0.15, 0.2) is 5.82 Å². The molecule has 0 spiro atoms. The van der Waals surface area contributed by atoms with Crippen molar-refractivity contribution in [1.29, 1.82) is 0 Å². The van der Waals surface area contributed by atoms with Crippen LogP contribution in [0, 0.1) is 0 Å². The first kappa shape index (κ1) is 10.7. The fourth-order valence-corrected chi connectivity index (χ4v) is 2.05. The molecule has 2 N–H and O–H groups in total. The number of benzene rings is 1. The number of hydrogen-bond donors (Lipinski definition) is 1. The first-order valence-electron chi connectivity index (χ1n) is 5.85. The molecule has 0 radical (unpaired) electrons. The van der Waals surface area contributed by atoms with Crippen molar-refractivity contribution in [3.63, 3.8) is 0 Å². The zero-order chi connectivity index (χ0) is 12.5. The molecular formula is C13H13N5. The first-order valence-corrected chi connectivity index (χ1v) is 5.85. The zero-order valence-electron chi connectivity index (χ0n) is 10.0. The van der Waals surface area contributed by atoms with Gasteiger partial charge in [0.05, 0.1) is 16.9 Å². The molecule has 0 aliphatic rings. The lowest BCUT2D eigenvalue weighted by molar-refractivity contribution is 0.768. The molecule has 1 aromatic carbocycles. The minimum atomic E-state index is 0.490. The second-order valence-corrected chi connectivity index (χ2v) is 4.07. The topological polar surface area (TPSA) is 69.6 Å². The van der Waals surface area contributed by atoms with Crippen LogP contribution in [-0.4, -0.2) is 20.0 Å². The Morgan fingerprint density at radius 2 is 2.17 bits per heavy atom. The van der Waals surface area contributed by atoms with Crippen molar-refractivity contribution in [2.45, 2.75) is 13.3 Å². The van der Waals surface area contributed by atoms with E-state index in [1.807, 2.05) is 37.3 Å². The Labute approximate surface area is 104 Å². The van der Waals surface area contributed by atoms with Gasteiger partial charge in [0.2, 0.25) is 0 Å². The molecule has 0 atom stereocenters. The molecule has 0 saturated carbocycles. The second kappa shape index (κ2) is 4.10. The maximum absolute atomic E-state index is 5.80. The van der Waals surface area contributed by atoms with Crippen molar-refractivity contribution in [2.75, 3.05) is 5.73 Å². The highest BCUT2D eigenvalue weighted by Crippen LogP contribution is 2.19. The van der Waals surface area contributed by atoms with Crippen LogP contribution >= 0.6 is 0 Å². The van der Waals surface area contributed by atoms with Crippen LogP contribution < -0.4 is 5.73 Å². The first-order chi connectivity index (χ1) is 8.79. The van der Waals surface area contributed by atoms with Crippen LogP contribution in [0.25, 0.3) is 16.6 Å². The van der Waals surface area contributed by atoms with Gasteiger partial charge in [0.1, 0.15) is 0 Å². The maximum atomic E-state index is 5.80. The summed E-state index contributed by atoms with van der Waals surface area (Å²) < 4.78 is 1.78. The largest absolute Gasteiger partial charge is 0.381 e. The Morgan fingerprint density at radius 1 is 1.28 bits per heavy atom. The molecule has 2 aromatic heterocycles. The van der Waals surface area contributed by atoms with E-state index in [-0.39, 0.29) is 0 Å². The Kier molecular flexibility index (Phi) is 2.44. The fourth-order valence-electron chi connectivity index (χ4n) is 2.05. The number of hydrogen-bond acceptors (Lipinski definition) is 4. The minimum Gasteiger partial charge on any atom is -0.381 e. The summed E-state index contributed by atoms with van der Waals surface area (Å²) in [5.74, 6) is 0.490. The van der Waals surface area contributed by atoms with Crippen LogP contribution in [0.3, 0.4) is 0 Å². The molecule has 0 aliphatic heterocycles. The van der Waals surface area contributed by atoms with E-state index in [4.69, 9.17) is 5.73 Å². The van der Waals surface area contributed by atoms with E-state index < -0.39 is 0 Å². The average Bonchev–Trinajstić information content (AvgIpc) is 2.79. The van der Waals surface area contributed by atoms with Crippen molar-refractivity contribution < 1.29 is 0 Å². The van der Waals surface area contributed by atoms with Crippen LogP contribution in [0.1, 0.15) is 12.6 Å². The van der Waals surface area contributed by atoms with Crippen molar-refractivity contribution in [2.24, 2.45) is 0 Å². The van der Waals surface area contributed by atoms with Crippen molar-refractivity contribution in [3.05, 3.63) is 42.2 Å². The number of nitrogen functional groups attached to an aromatic ring is 1. The summed E-state index contributed by atoms with van der Waals surface area (Å²) in [4.78, 5) is 4.29. The van der Waals surface area contributed by atoms with Gasteiger partial charge in [-0.05, 0) is 30.7 Å². The quantitative estimate of drug-likeness (QED) is 0.742. The lowest BCUT2D eigenvalue weighted by Crippen LogP contribution is -2.02. The summed E-state index contributed by atoms with van der Waals surface area (Å²) in [6.07, 6.45) is 2.58. The standard InChI is InChI=1S/C13H13N5/c1-2-12-13(14)16-17-18(12)10-5-6-11-9(8-10)4-3-7-15-11/h3-8H,2,14H2,1H3. The second-order valence-electron chi connectivity index (χ2n) is 4.07. The molecule has 0 fully saturated rings. The highest BCUT2D eigenvalue weighted by Gasteiger charge is 2.10. The van der Waals surface area contributed by atoms with Gasteiger partial charge in [0.25, 0.3) is 0 Å². The Morgan fingerprint density at radius 3 is 3.00 bits per heavy atom. The van der Waals surface area contributed by atoms with Gasteiger partial charge in [-0.25, -0.2) is 4.68 Å². The van der Waals surface area contributed by atoms with Crippen molar-refractivity contribution in [1.82, 2.24) is 20.0 Å². The van der Waals surface area contributed by atoms with E-state index in [1.54, 1.807) is 10.9 Å². The third-order valence-electron chi connectivity index (χ3n) is 2.96. The lowest BCUT2D eigenvalue weighted by atomic mass is 10.2. The molecule has 5 nitrogen and oxygen atoms in total. The number of pyridine rings is 1. The van der Waals surface area contributed by atoms with Crippen molar-refractivity contribution in [3.8, 4) is 5.69 Å². The summed E-state index contributed by atoms with van der Waals surface area (Å²) in [6.45, 7) is 2.04. The van der Waals surface area contributed by atoms with E-state index in [1.165, 1.54) is 0 Å². The fraction of sp³-hybridized carbons (Fsp3) is 0.154. The molecule has 0 unspecified atom stereocenters. The molecular weight excluding hydrogens is 226 g/mol. The van der Waals surface area contributed by atoms with Crippen LogP contribution in [-0.2, 0) is 6.42 Å². The Bertz CT molecular complexity index is 701. The minimum absolute atomic E-state index is 0.490. The van der Waals surface area contributed by atoms with E-state index in [2.05, 4.69) is 15.3 Å². The number of nitrogens with zero attached hydrogens (tertiary/aromatic N) is 4. The van der Waals surface area contributed by atoms with Gasteiger partial charge in [-0.3, -0.25) is 4.98 Å². The Hall–Kier alpha value is -2.43. The predicted octanol–water partition coefficient (Wildman–Crippen LogP) is 1.96. The van der Waals surface area contributed by atoms with E-state index in [0.29, 0.717) is 5.82 Å². The number of fused-ring (bicyclic) bond motifs is 1. The predicted molar refractivity (Wildman–Crippen MR) is 70.5 cm³/mol. The molecule has 2 heterocycles. The molecule has 0 amide bonds. The van der Waals surface area contributed by atoms with Gasteiger partial charge >= 0.3 is 0 Å². The molecule has 3 aromatic rings. The monoisotopic (exact) mass is 239 g/mol. The zero-order valence-corrected chi connectivity index (χ0v) is 10.0. The van der Waals surface area contributed by atoms with E-state index in [9.17, 15) is 0 Å². The molecule has 0 bridgehead atoms. The van der Waals surface area contributed by atoms with E-state index in [0.717, 1.165) is 28.7 Å². The highest BCUT2D eigenvalue weighted by molar-refractivity contribution is 5.80. The molecule has 0 aliphatic carbocycles. The summed E-state index contributed by atoms with van der Waals surface area (Å²) in [5, 5.41) is 9.08. The number of anilines is 1. The smallest absolute Gasteiger partial charge is 0.169 e. The molecule has 3 rings (SSSR count). The molecule has 5 heteroatoms. The van der Waals surface area contributed by atoms with Gasteiger partial charge in [-0.1, -0.05) is 18.2 Å². The molecule has 90 valence electrons.